The number of anilines is 1. The van der Waals surface area contributed by atoms with Crippen molar-refractivity contribution in [3.05, 3.63) is 76.2 Å². The molecule has 1 saturated heterocycles. The molecule has 1 aliphatic rings. The summed E-state index contributed by atoms with van der Waals surface area (Å²) in [6.45, 7) is 2.85. The minimum atomic E-state index is -0.271. The first kappa shape index (κ1) is 26.1. The summed E-state index contributed by atoms with van der Waals surface area (Å²) < 4.78 is 24.8. The second-order valence-corrected chi connectivity index (χ2v) is 10.2. The normalized spacial score (nSPS) is 14.3. The topological polar surface area (TPSA) is 96.3 Å². The summed E-state index contributed by atoms with van der Waals surface area (Å²) in [5.74, 6) is 0.486. The lowest BCUT2D eigenvalue weighted by Crippen LogP contribution is -2.42. The Morgan fingerprint density at radius 2 is 1.92 bits per heavy atom. The smallest absolute Gasteiger partial charge is 0.326 e. The molecule has 200 valence electrons. The number of fused-ring (bicyclic) bond motifs is 1. The van der Waals surface area contributed by atoms with Gasteiger partial charge in [0.1, 0.15) is 11.6 Å². The average Bonchev–Trinajstić information content (AvgIpc) is 3.53. The van der Waals surface area contributed by atoms with Crippen molar-refractivity contribution in [1.82, 2.24) is 23.8 Å². The van der Waals surface area contributed by atoms with Gasteiger partial charge in [0.15, 0.2) is 0 Å². The first-order valence-electron chi connectivity index (χ1n) is 12.8. The maximum absolute atomic E-state index is 13.2. The molecule has 0 unspecified atom stereocenters. The van der Waals surface area contributed by atoms with Gasteiger partial charge in [-0.05, 0) is 42.7 Å². The number of methoxy groups -OCH3 is 1. The Morgan fingerprint density at radius 3 is 2.68 bits per heavy atom. The average molecular weight is 539 g/mol. The summed E-state index contributed by atoms with van der Waals surface area (Å²) in [5, 5.41) is 0.740. The maximum Gasteiger partial charge on any atom is 0.326 e. The number of nitrogens with zero attached hydrogens (tertiary/aromatic N) is 5. The molecule has 5 rings (SSSR count). The third-order valence-electron chi connectivity index (χ3n) is 6.97. The number of H-pyrrole nitrogens is 1. The molecular formula is C27H31FN6O3S. The van der Waals surface area contributed by atoms with Crippen LogP contribution in [0.3, 0.4) is 0 Å². The third-order valence-corrected chi connectivity index (χ3v) is 7.79. The summed E-state index contributed by atoms with van der Waals surface area (Å²) in [6, 6.07) is 14.1. The predicted octanol–water partition coefficient (Wildman–Crippen LogP) is 3.62. The second kappa shape index (κ2) is 11.9. The lowest BCUT2D eigenvalue weighted by Gasteiger charge is -2.33. The Hall–Kier alpha value is -3.57. The van der Waals surface area contributed by atoms with E-state index in [2.05, 4.69) is 14.3 Å². The van der Waals surface area contributed by atoms with Crippen LogP contribution in [-0.2, 0) is 16.0 Å². The number of para-hydroxylation sites is 2. The Bertz CT molecular complexity index is 1420. The molecule has 0 atom stereocenters. The molecule has 2 aromatic heterocycles. The van der Waals surface area contributed by atoms with Crippen molar-refractivity contribution in [3.8, 4) is 0 Å². The quantitative estimate of drug-likeness (QED) is 0.331. The molecule has 0 bridgehead atoms. The number of nitrogens with one attached hydrogen (secondary N) is 1. The number of aromatic nitrogens is 4. The van der Waals surface area contributed by atoms with Crippen molar-refractivity contribution < 1.29 is 13.9 Å². The van der Waals surface area contributed by atoms with Crippen LogP contribution in [0.15, 0.2) is 53.3 Å². The van der Waals surface area contributed by atoms with E-state index in [1.165, 1.54) is 23.7 Å². The van der Waals surface area contributed by atoms with Gasteiger partial charge in [-0.1, -0.05) is 24.3 Å². The fourth-order valence-corrected chi connectivity index (χ4v) is 5.67. The fraction of sp³-hybridized carbons (Fsp3) is 0.407. The highest BCUT2D eigenvalue weighted by Gasteiger charge is 2.26. The molecule has 0 aliphatic carbocycles. The number of ether oxygens (including phenoxy) is 1. The lowest BCUT2D eigenvalue weighted by molar-refractivity contribution is -0.132. The number of halogens is 1. The molecule has 0 radical (unpaired) electrons. The van der Waals surface area contributed by atoms with Crippen LogP contribution in [0.5, 0.6) is 0 Å². The SMILES string of the molecule is COCCN(CCC(=O)N1CCC(n2c(=O)[nH]c3ccccc32)CC1)c1nc(Cc2ccc(F)cc2)ns1. The van der Waals surface area contributed by atoms with Gasteiger partial charge in [0, 0.05) is 63.7 Å². The number of rotatable bonds is 10. The number of aromatic amines is 1. The number of imidazole rings is 1. The van der Waals surface area contributed by atoms with Crippen molar-refractivity contribution >= 4 is 33.6 Å². The Morgan fingerprint density at radius 1 is 1.16 bits per heavy atom. The van der Waals surface area contributed by atoms with Gasteiger partial charge in [-0.25, -0.2) is 14.2 Å². The van der Waals surface area contributed by atoms with Gasteiger partial charge in [-0.2, -0.15) is 4.37 Å². The molecule has 4 aromatic rings. The highest BCUT2D eigenvalue weighted by molar-refractivity contribution is 7.09. The molecule has 11 heteroatoms. The zero-order valence-electron chi connectivity index (χ0n) is 21.3. The zero-order chi connectivity index (χ0) is 26.5. The number of amides is 1. The molecular weight excluding hydrogens is 507 g/mol. The Balaban J connectivity index is 1.17. The molecule has 9 nitrogen and oxygen atoms in total. The summed E-state index contributed by atoms with van der Waals surface area (Å²) in [6.07, 6.45) is 2.35. The van der Waals surface area contributed by atoms with Crippen LogP contribution >= 0.6 is 11.5 Å². The monoisotopic (exact) mass is 538 g/mol. The van der Waals surface area contributed by atoms with E-state index in [1.54, 1.807) is 19.2 Å². The molecule has 1 fully saturated rings. The van der Waals surface area contributed by atoms with E-state index < -0.39 is 0 Å². The first-order chi connectivity index (χ1) is 18.5. The third kappa shape index (κ3) is 5.94. The first-order valence-corrected chi connectivity index (χ1v) is 13.6. The molecule has 0 saturated carbocycles. The number of benzene rings is 2. The van der Waals surface area contributed by atoms with E-state index in [4.69, 9.17) is 4.74 Å². The Kier molecular flexibility index (Phi) is 8.14. The molecule has 1 aliphatic heterocycles. The van der Waals surface area contributed by atoms with Crippen LogP contribution in [0.25, 0.3) is 11.0 Å². The van der Waals surface area contributed by atoms with Crippen molar-refractivity contribution in [2.24, 2.45) is 0 Å². The summed E-state index contributed by atoms with van der Waals surface area (Å²) in [7, 11) is 1.65. The van der Waals surface area contributed by atoms with Crippen LogP contribution in [0.4, 0.5) is 9.52 Å². The van der Waals surface area contributed by atoms with Gasteiger partial charge in [0.05, 0.1) is 17.6 Å². The minimum absolute atomic E-state index is 0.0711. The van der Waals surface area contributed by atoms with Crippen molar-refractivity contribution in [3.63, 3.8) is 0 Å². The molecule has 1 amide bonds. The summed E-state index contributed by atoms with van der Waals surface area (Å²) >= 11 is 1.29. The van der Waals surface area contributed by atoms with Crippen molar-refractivity contribution in [2.45, 2.75) is 31.7 Å². The number of hydrogen-bond acceptors (Lipinski definition) is 7. The number of carbonyl (C=O) groups excluding carboxylic acids is 1. The molecule has 38 heavy (non-hydrogen) atoms. The highest BCUT2D eigenvalue weighted by atomic mass is 32.1. The van der Waals surface area contributed by atoms with Gasteiger partial charge < -0.3 is 19.5 Å². The van der Waals surface area contributed by atoms with Gasteiger partial charge in [-0.3, -0.25) is 9.36 Å². The predicted molar refractivity (Wildman–Crippen MR) is 145 cm³/mol. The lowest BCUT2D eigenvalue weighted by atomic mass is 10.0. The van der Waals surface area contributed by atoms with Crippen LogP contribution < -0.4 is 10.6 Å². The minimum Gasteiger partial charge on any atom is -0.383 e. The highest BCUT2D eigenvalue weighted by Crippen LogP contribution is 2.25. The van der Waals surface area contributed by atoms with Crippen molar-refractivity contribution in [2.75, 3.05) is 44.8 Å². The molecule has 0 spiro atoms. The number of likely N-dealkylation sites (tertiary alicyclic amines) is 1. The fourth-order valence-electron chi connectivity index (χ4n) is 4.93. The zero-order valence-corrected chi connectivity index (χ0v) is 22.1. The van der Waals surface area contributed by atoms with Crippen LogP contribution in [-0.4, -0.2) is 69.6 Å². The van der Waals surface area contributed by atoms with Gasteiger partial charge >= 0.3 is 5.69 Å². The molecule has 2 aromatic carbocycles. The van der Waals surface area contributed by atoms with Crippen LogP contribution in [0, 0.1) is 5.82 Å². The largest absolute Gasteiger partial charge is 0.383 e. The summed E-state index contributed by atoms with van der Waals surface area (Å²) in [4.78, 5) is 37.2. The van der Waals surface area contributed by atoms with Gasteiger partial charge in [0.2, 0.25) is 11.0 Å². The van der Waals surface area contributed by atoms with Crippen LogP contribution in [0.2, 0.25) is 0 Å². The van der Waals surface area contributed by atoms with E-state index in [1.807, 2.05) is 38.6 Å². The van der Waals surface area contributed by atoms with Crippen LogP contribution in [0.1, 0.15) is 36.7 Å². The standard InChI is InChI=1S/C27H31FN6O3S/c1-37-17-16-33(27-30-24(31-38-27)18-19-6-8-20(28)9-7-19)15-12-25(35)32-13-10-21(11-14-32)34-23-5-3-2-4-22(23)29-26(34)36/h2-9,21H,10-18H2,1H3,(H,29,36). The molecule has 3 heterocycles. The second-order valence-electron chi connectivity index (χ2n) is 9.46. The van der Waals surface area contributed by atoms with E-state index in [0.717, 1.165) is 34.6 Å². The Labute approximate surface area is 224 Å². The molecule has 1 N–H and O–H groups in total. The number of piperidine rings is 1. The van der Waals surface area contributed by atoms with E-state index in [-0.39, 0.29) is 23.5 Å². The van der Waals surface area contributed by atoms with E-state index in [9.17, 15) is 14.0 Å². The van der Waals surface area contributed by atoms with E-state index >= 15 is 0 Å². The number of hydrogen-bond donors (Lipinski definition) is 1. The summed E-state index contributed by atoms with van der Waals surface area (Å²) in [5.41, 5.74) is 2.59. The van der Waals surface area contributed by atoms with Crippen molar-refractivity contribution in [1.29, 1.82) is 0 Å². The van der Waals surface area contributed by atoms with Gasteiger partial charge in [0.25, 0.3) is 0 Å². The number of carbonyl (C=O) groups is 1. The van der Waals surface area contributed by atoms with Gasteiger partial charge in [-0.15, -0.1) is 0 Å². The van der Waals surface area contributed by atoms with E-state index in [0.29, 0.717) is 51.5 Å². The maximum atomic E-state index is 13.2.